The Morgan fingerprint density at radius 2 is 1.82 bits per heavy atom. The Morgan fingerprint density at radius 3 is 2.46 bits per heavy atom. The second kappa shape index (κ2) is 8.48. The number of hydrogen-bond acceptors (Lipinski definition) is 5. The second-order valence-electron chi connectivity index (χ2n) is 6.74. The van der Waals surface area contributed by atoms with Crippen LogP contribution in [0.4, 0.5) is 4.39 Å². The first-order valence-corrected chi connectivity index (χ1v) is 9.05. The van der Waals surface area contributed by atoms with Crippen molar-refractivity contribution in [1.29, 1.82) is 0 Å². The van der Waals surface area contributed by atoms with Gasteiger partial charge in [-0.25, -0.2) is 4.39 Å². The number of methoxy groups -OCH3 is 2. The van der Waals surface area contributed by atoms with E-state index < -0.39 is 18.0 Å². The fourth-order valence-corrected chi connectivity index (χ4v) is 3.33. The number of aliphatic hydroxyl groups is 1. The first kappa shape index (κ1) is 19.9. The Labute approximate surface area is 163 Å². The quantitative estimate of drug-likeness (QED) is 0.852. The van der Waals surface area contributed by atoms with Crippen LogP contribution < -0.4 is 14.2 Å². The lowest BCUT2D eigenvalue weighted by molar-refractivity contribution is -0.0207. The van der Waals surface area contributed by atoms with Gasteiger partial charge in [-0.05, 0) is 42.8 Å². The van der Waals surface area contributed by atoms with Crippen LogP contribution in [0.5, 0.6) is 17.2 Å². The van der Waals surface area contributed by atoms with E-state index >= 15 is 0 Å². The van der Waals surface area contributed by atoms with Crippen LogP contribution >= 0.6 is 0 Å². The van der Waals surface area contributed by atoms with E-state index in [1.54, 1.807) is 30.2 Å². The number of aryl methyl sites for hydroxylation is 1. The van der Waals surface area contributed by atoms with Crippen molar-refractivity contribution in [2.75, 3.05) is 27.3 Å². The van der Waals surface area contributed by atoms with Gasteiger partial charge in [-0.2, -0.15) is 0 Å². The Kier molecular flexibility index (Phi) is 6.04. The highest BCUT2D eigenvalue weighted by Crippen LogP contribution is 2.30. The minimum atomic E-state index is -0.869. The Bertz CT molecular complexity index is 857. The number of amides is 1. The summed E-state index contributed by atoms with van der Waals surface area (Å²) < 4.78 is 29.5. The van der Waals surface area contributed by atoms with Crippen molar-refractivity contribution in [3.63, 3.8) is 0 Å². The largest absolute Gasteiger partial charge is 0.496 e. The molecule has 6 nitrogen and oxygen atoms in total. The SMILES string of the molecule is COc1ccc(C(=O)N2CC[C@@H](Oc3ccc(F)cc3OC)[C@H](O)C2)cc1C. The van der Waals surface area contributed by atoms with Crippen LogP contribution in [-0.2, 0) is 0 Å². The molecule has 150 valence electrons. The molecule has 1 aliphatic heterocycles. The summed E-state index contributed by atoms with van der Waals surface area (Å²) in [5.41, 5.74) is 1.42. The van der Waals surface area contributed by atoms with Crippen molar-refractivity contribution in [3.8, 4) is 17.2 Å². The van der Waals surface area contributed by atoms with E-state index in [0.29, 0.717) is 24.3 Å². The number of aliphatic hydroxyl groups excluding tert-OH is 1. The third-order valence-corrected chi connectivity index (χ3v) is 4.85. The number of β-amino-alcohol motifs (C(OH)–C–C–N with tert-alkyl or cyclic N) is 1. The summed E-state index contributed by atoms with van der Waals surface area (Å²) in [7, 11) is 3.01. The van der Waals surface area contributed by atoms with Crippen LogP contribution in [0.1, 0.15) is 22.3 Å². The van der Waals surface area contributed by atoms with Crippen molar-refractivity contribution in [1.82, 2.24) is 4.90 Å². The van der Waals surface area contributed by atoms with E-state index in [2.05, 4.69) is 0 Å². The standard InChI is InChI=1S/C21H24FNO5/c1-13-10-14(4-6-17(13)26-2)21(25)23-9-8-18(16(24)12-23)28-19-7-5-15(22)11-20(19)27-3/h4-7,10-11,16,18,24H,8-9,12H2,1-3H3/t16-,18-/m1/s1. The Balaban J connectivity index is 1.66. The average Bonchev–Trinajstić information content (AvgIpc) is 2.69. The van der Waals surface area contributed by atoms with Gasteiger partial charge in [-0.1, -0.05) is 0 Å². The van der Waals surface area contributed by atoms with Gasteiger partial charge in [0.1, 0.15) is 23.8 Å². The highest BCUT2D eigenvalue weighted by Gasteiger charge is 2.32. The lowest BCUT2D eigenvalue weighted by Crippen LogP contribution is -2.51. The number of benzene rings is 2. The van der Waals surface area contributed by atoms with Gasteiger partial charge in [0.15, 0.2) is 11.5 Å². The minimum Gasteiger partial charge on any atom is -0.496 e. The van der Waals surface area contributed by atoms with Crippen LogP contribution in [0.25, 0.3) is 0 Å². The maximum absolute atomic E-state index is 13.3. The molecule has 1 amide bonds. The molecule has 7 heteroatoms. The van der Waals surface area contributed by atoms with Gasteiger partial charge in [0.2, 0.25) is 0 Å². The molecule has 1 N–H and O–H groups in total. The molecule has 3 rings (SSSR count). The van der Waals surface area contributed by atoms with Crippen LogP contribution in [0, 0.1) is 12.7 Å². The summed E-state index contributed by atoms with van der Waals surface area (Å²) in [6.07, 6.45) is -0.935. The number of carbonyl (C=O) groups is 1. The molecule has 0 aliphatic carbocycles. The maximum atomic E-state index is 13.3. The van der Waals surface area contributed by atoms with Crippen LogP contribution in [0.15, 0.2) is 36.4 Å². The number of likely N-dealkylation sites (tertiary alicyclic amines) is 1. The highest BCUT2D eigenvalue weighted by atomic mass is 19.1. The molecule has 2 aromatic carbocycles. The third-order valence-electron chi connectivity index (χ3n) is 4.85. The number of nitrogens with zero attached hydrogens (tertiary/aromatic N) is 1. The molecular weight excluding hydrogens is 365 g/mol. The van der Waals surface area contributed by atoms with E-state index in [1.807, 2.05) is 6.92 Å². The predicted octanol–water partition coefficient (Wildman–Crippen LogP) is 2.81. The third kappa shape index (κ3) is 4.20. The van der Waals surface area contributed by atoms with Gasteiger partial charge in [0.25, 0.3) is 5.91 Å². The molecule has 1 fully saturated rings. The van der Waals surface area contributed by atoms with Gasteiger partial charge < -0.3 is 24.2 Å². The van der Waals surface area contributed by atoms with Crippen molar-refractivity contribution in [3.05, 3.63) is 53.3 Å². The molecule has 0 bridgehead atoms. The molecule has 28 heavy (non-hydrogen) atoms. The molecule has 0 saturated carbocycles. The first-order valence-electron chi connectivity index (χ1n) is 9.05. The number of halogens is 1. The Morgan fingerprint density at radius 1 is 1.11 bits per heavy atom. The smallest absolute Gasteiger partial charge is 0.253 e. The van der Waals surface area contributed by atoms with E-state index in [1.165, 1.54) is 25.3 Å². The number of ether oxygens (including phenoxy) is 3. The molecule has 1 heterocycles. The summed E-state index contributed by atoms with van der Waals surface area (Å²) in [4.78, 5) is 14.4. The molecule has 2 aromatic rings. The van der Waals surface area contributed by atoms with Gasteiger partial charge in [0, 0.05) is 24.6 Å². The summed E-state index contributed by atoms with van der Waals surface area (Å²) >= 11 is 0. The number of carbonyl (C=O) groups excluding carboxylic acids is 1. The van der Waals surface area contributed by atoms with Crippen LogP contribution in [0.3, 0.4) is 0 Å². The van der Waals surface area contributed by atoms with Crippen LogP contribution in [-0.4, -0.2) is 55.4 Å². The molecular formula is C21H24FNO5. The van der Waals surface area contributed by atoms with E-state index in [-0.39, 0.29) is 18.2 Å². The zero-order chi connectivity index (χ0) is 20.3. The lowest BCUT2D eigenvalue weighted by atomic mass is 10.0. The highest BCUT2D eigenvalue weighted by molar-refractivity contribution is 5.94. The van der Waals surface area contributed by atoms with E-state index in [0.717, 1.165) is 11.3 Å². The van der Waals surface area contributed by atoms with Gasteiger partial charge in [0.05, 0.1) is 20.8 Å². The van der Waals surface area contributed by atoms with Crippen molar-refractivity contribution < 1.29 is 28.5 Å². The average molecular weight is 389 g/mol. The topological polar surface area (TPSA) is 68.2 Å². The predicted molar refractivity (Wildman–Crippen MR) is 102 cm³/mol. The summed E-state index contributed by atoms with van der Waals surface area (Å²) in [5, 5.41) is 10.5. The molecule has 1 aliphatic rings. The Hall–Kier alpha value is -2.80. The zero-order valence-corrected chi connectivity index (χ0v) is 16.1. The summed E-state index contributed by atoms with van der Waals surface area (Å²) in [6.45, 7) is 2.47. The monoisotopic (exact) mass is 389 g/mol. The fourth-order valence-electron chi connectivity index (χ4n) is 3.33. The van der Waals surface area contributed by atoms with Gasteiger partial charge in [-0.15, -0.1) is 0 Å². The van der Waals surface area contributed by atoms with Crippen molar-refractivity contribution >= 4 is 5.91 Å². The molecule has 0 radical (unpaired) electrons. The maximum Gasteiger partial charge on any atom is 0.253 e. The second-order valence-corrected chi connectivity index (χ2v) is 6.74. The zero-order valence-electron chi connectivity index (χ0n) is 16.1. The number of hydrogen-bond donors (Lipinski definition) is 1. The molecule has 1 saturated heterocycles. The number of piperidine rings is 1. The van der Waals surface area contributed by atoms with Gasteiger partial charge >= 0.3 is 0 Å². The molecule has 0 spiro atoms. The number of rotatable bonds is 5. The fraction of sp³-hybridized carbons (Fsp3) is 0.381. The molecule has 0 unspecified atom stereocenters. The lowest BCUT2D eigenvalue weighted by Gasteiger charge is -2.36. The van der Waals surface area contributed by atoms with Crippen molar-refractivity contribution in [2.24, 2.45) is 0 Å². The molecule has 2 atom stereocenters. The van der Waals surface area contributed by atoms with E-state index in [9.17, 15) is 14.3 Å². The van der Waals surface area contributed by atoms with Crippen molar-refractivity contribution in [2.45, 2.75) is 25.6 Å². The first-order chi connectivity index (χ1) is 13.4. The summed E-state index contributed by atoms with van der Waals surface area (Å²) in [6, 6.07) is 9.22. The molecule has 0 aromatic heterocycles. The van der Waals surface area contributed by atoms with E-state index in [4.69, 9.17) is 14.2 Å². The normalized spacial score (nSPS) is 19.2. The minimum absolute atomic E-state index is 0.150. The summed E-state index contributed by atoms with van der Waals surface area (Å²) in [5.74, 6) is 0.762. The van der Waals surface area contributed by atoms with Crippen LogP contribution in [0.2, 0.25) is 0 Å². The van der Waals surface area contributed by atoms with Gasteiger partial charge in [-0.3, -0.25) is 4.79 Å².